The van der Waals surface area contributed by atoms with Crippen LogP contribution in [0.15, 0.2) is 70.8 Å². The van der Waals surface area contributed by atoms with Gasteiger partial charge in [-0.2, -0.15) is 5.10 Å². The summed E-state index contributed by atoms with van der Waals surface area (Å²) in [5.41, 5.74) is 5.83. The van der Waals surface area contributed by atoms with Gasteiger partial charge in [0.1, 0.15) is 17.5 Å². The molecule has 316 valence electrons. The molecule has 2 aromatic carbocycles. The maximum atomic E-state index is 13.8. The molecule has 6 aromatic rings. The predicted octanol–water partition coefficient (Wildman–Crippen LogP) is 2.96. The Bertz CT molecular complexity index is 2840. The number of hydrogen-bond donors (Lipinski definition) is 1. The summed E-state index contributed by atoms with van der Waals surface area (Å²) in [4.78, 5) is 76.1. The third kappa shape index (κ3) is 7.01. The zero-order valence-corrected chi connectivity index (χ0v) is 34.9. The number of fused-ring (bicyclic) bond motifs is 2. The molecule has 0 radical (unpaired) electrons. The second kappa shape index (κ2) is 15.7. The largest absolute Gasteiger partial charge is 0.496 e. The highest BCUT2D eigenvalue weighted by molar-refractivity contribution is 6.01. The first-order chi connectivity index (χ1) is 29.4. The Labute approximate surface area is 350 Å². The summed E-state index contributed by atoms with van der Waals surface area (Å²) in [6, 6.07) is 10.9. The number of piperidine rings is 2. The van der Waals surface area contributed by atoms with Crippen molar-refractivity contribution in [2.45, 2.75) is 44.3 Å². The van der Waals surface area contributed by atoms with E-state index in [1.54, 1.807) is 54.5 Å². The number of nitrogens with one attached hydrogen (secondary N) is 1. The van der Waals surface area contributed by atoms with Crippen molar-refractivity contribution >= 4 is 45.2 Å². The molecule has 0 spiro atoms. The molecule has 9 rings (SSSR count). The normalized spacial score (nSPS) is 18.0. The summed E-state index contributed by atoms with van der Waals surface area (Å²) in [6.45, 7) is 3.34. The maximum Gasteiger partial charge on any atom is 0.329 e. The van der Waals surface area contributed by atoms with Crippen LogP contribution in [0.3, 0.4) is 0 Å². The monoisotopic (exact) mass is 828 g/mol. The van der Waals surface area contributed by atoms with Crippen LogP contribution in [0.25, 0.3) is 44.2 Å². The van der Waals surface area contributed by atoms with Gasteiger partial charge in [-0.15, -0.1) is 0 Å². The molecule has 1 N–H and O–H groups in total. The lowest BCUT2D eigenvalue weighted by Gasteiger charge is -2.43. The van der Waals surface area contributed by atoms with E-state index in [4.69, 9.17) is 9.47 Å². The lowest BCUT2D eigenvalue weighted by molar-refractivity contribution is -0.139. The highest BCUT2D eigenvalue weighted by Crippen LogP contribution is 2.39. The van der Waals surface area contributed by atoms with Gasteiger partial charge in [0.05, 0.1) is 60.3 Å². The molecule has 3 amide bonds. The highest BCUT2D eigenvalue weighted by Gasteiger charge is 2.35. The van der Waals surface area contributed by atoms with Crippen LogP contribution in [-0.2, 0) is 42.1 Å². The fourth-order valence-corrected chi connectivity index (χ4v) is 9.40. The Morgan fingerprint density at radius 3 is 2.26 bits per heavy atom. The number of imidazole rings is 1. The molecule has 1 unspecified atom stereocenters. The zero-order valence-electron chi connectivity index (χ0n) is 34.9. The summed E-state index contributed by atoms with van der Waals surface area (Å²) in [5.74, 6) is 0.507. The molecule has 3 saturated heterocycles. The number of para-hydroxylation sites is 1. The molecule has 17 nitrogen and oxygen atoms in total. The van der Waals surface area contributed by atoms with Crippen LogP contribution in [0.1, 0.15) is 37.3 Å². The minimum absolute atomic E-state index is 0.0692. The number of aryl methyl sites for hydroxylation is 3. The summed E-state index contributed by atoms with van der Waals surface area (Å²) in [5, 5.41) is 7.89. The smallest absolute Gasteiger partial charge is 0.329 e. The van der Waals surface area contributed by atoms with Crippen LogP contribution in [0, 0.1) is 0 Å². The first-order valence-electron chi connectivity index (χ1n) is 20.5. The van der Waals surface area contributed by atoms with Gasteiger partial charge in [0.25, 0.3) is 5.56 Å². The minimum Gasteiger partial charge on any atom is -0.496 e. The average molecular weight is 829 g/mol. The first kappa shape index (κ1) is 39.7. The van der Waals surface area contributed by atoms with Crippen molar-refractivity contribution in [2.75, 3.05) is 51.8 Å². The number of nitrogens with zero attached hydrogens (tertiary/aromatic N) is 9. The average Bonchev–Trinajstić information content (AvgIpc) is 3.81. The van der Waals surface area contributed by atoms with E-state index in [9.17, 15) is 24.0 Å². The fourth-order valence-electron chi connectivity index (χ4n) is 9.40. The van der Waals surface area contributed by atoms with E-state index in [0.29, 0.717) is 60.8 Å². The molecule has 7 heterocycles. The topological polar surface area (TPSA) is 171 Å². The Morgan fingerprint density at radius 2 is 1.59 bits per heavy atom. The summed E-state index contributed by atoms with van der Waals surface area (Å²) in [7, 11) is 8.52. The van der Waals surface area contributed by atoms with Crippen LogP contribution in [0.2, 0.25) is 0 Å². The van der Waals surface area contributed by atoms with Crippen LogP contribution in [0.5, 0.6) is 11.5 Å². The third-order valence-electron chi connectivity index (χ3n) is 12.6. The van der Waals surface area contributed by atoms with Crippen molar-refractivity contribution in [3.05, 3.63) is 87.6 Å². The lowest BCUT2D eigenvalue weighted by atomic mass is 9.97. The van der Waals surface area contributed by atoms with Crippen molar-refractivity contribution < 1.29 is 23.9 Å². The van der Waals surface area contributed by atoms with E-state index in [2.05, 4.69) is 25.2 Å². The Kier molecular flexibility index (Phi) is 10.2. The number of anilines is 1. The van der Waals surface area contributed by atoms with Crippen LogP contribution < -0.4 is 30.9 Å². The quantitative estimate of drug-likeness (QED) is 0.213. The molecule has 3 aliphatic rings. The summed E-state index contributed by atoms with van der Waals surface area (Å²) >= 11 is 0. The maximum absolute atomic E-state index is 13.8. The van der Waals surface area contributed by atoms with Gasteiger partial charge < -0.3 is 23.8 Å². The van der Waals surface area contributed by atoms with Crippen molar-refractivity contribution in [3.63, 3.8) is 0 Å². The first-order valence-corrected chi connectivity index (χ1v) is 20.5. The number of rotatable bonds is 9. The highest BCUT2D eigenvalue weighted by atomic mass is 16.5. The molecule has 1 atom stereocenters. The second-order valence-electron chi connectivity index (χ2n) is 16.2. The Morgan fingerprint density at radius 1 is 0.836 bits per heavy atom. The standard InChI is InChI=1S/C44H48N10O7/c1-48-23-31(29-19-33(27-20-46-49(2)22-27)45-21-30(29)43(48)58)26-17-37(60-4)32(38(18-26)61-5)24-51-15-16-53(40(56)25-51)28-11-13-52(14-12-28)34-7-6-8-35-41(34)50(3)44(59)54(35)36-9-10-39(55)47-42(36)57/h6-8,17-23,28,36H,9-16,24-25H2,1-5H3,(H,47,55,57). The number of hydrogen-bond acceptors (Lipinski definition) is 11. The van der Waals surface area contributed by atoms with Crippen LogP contribution in [-0.4, -0.2) is 109 Å². The molecule has 0 aliphatic carbocycles. The van der Waals surface area contributed by atoms with E-state index in [0.717, 1.165) is 51.7 Å². The molecule has 0 bridgehead atoms. The lowest BCUT2D eigenvalue weighted by Crippen LogP contribution is -2.56. The number of pyridine rings is 2. The van der Waals surface area contributed by atoms with Gasteiger partial charge in [0, 0.05) is 101 Å². The van der Waals surface area contributed by atoms with E-state index in [1.807, 2.05) is 60.7 Å². The van der Waals surface area contributed by atoms with Gasteiger partial charge in [-0.05, 0) is 55.2 Å². The molecular weight excluding hydrogens is 781 g/mol. The molecule has 3 fully saturated rings. The number of carbonyl (C=O) groups excluding carboxylic acids is 3. The van der Waals surface area contributed by atoms with Crippen molar-refractivity contribution in [1.82, 2.24) is 43.6 Å². The van der Waals surface area contributed by atoms with Crippen molar-refractivity contribution in [3.8, 4) is 33.9 Å². The number of ether oxygens (including phenoxy) is 2. The van der Waals surface area contributed by atoms with E-state index in [1.165, 1.54) is 4.57 Å². The number of aromatic nitrogens is 6. The van der Waals surface area contributed by atoms with Crippen LogP contribution >= 0.6 is 0 Å². The van der Waals surface area contributed by atoms with Gasteiger partial charge in [0.2, 0.25) is 17.7 Å². The van der Waals surface area contributed by atoms with E-state index in [-0.39, 0.29) is 48.5 Å². The molecule has 17 heteroatoms. The molecular formula is C44H48N10O7. The van der Waals surface area contributed by atoms with Gasteiger partial charge in [0.15, 0.2) is 0 Å². The predicted molar refractivity (Wildman–Crippen MR) is 229 cm³/mol. The van der Waals surface area contributed by atoms with Crippen molar-refractivity contribution in [2.24, 2.45) is 21.1 Å². The minimum atomic E-state index is -0.751. The fraction of sp³-hybridized carbons (Fsp3) is 0.386. The molecule has 4 aromatic heterocycles. The second-order valence-corrected chi connectivity index (χ2v) is 16.2. The number of carbonyl (C=O) groups is 3. The Hall–Kier alpha value is -6.75. The number of methoxy groups -OCH3 is 2. The molecule has 3 aliphatic heterocycles. The van der Waals surface area contributed by atoms with Gasteiger partial charge in [-0.3, -0.25) is 48.2 Å². The number of benzene rings is 2. The van der Waals surface area contributed by atoms with E-state index >= 15 is 0 Å². The van der Waals surface area contributed by atoms with E-state index < -0.39 is 11.9 Å². The van der Waals surface area contributed by atoms with Gasteiger partial charge in [-0.1, -0.05) is 6.07 Å². The van der Waals surface area contributed by atoms with Gasteiger partial charge in [-0.25, -0.2) is 4.79 Å². The third-order valence-corrected chi connectivity index (χ3v) is 12.6. The number of imide groups is 1. The molecule has 0 saturated carbocycles. The SMILES string of the molecule is COc1cc(-c2cn(C)c(=O)c3cnc(-c4cnn(C)c4)cc23)cc(OC)c1CN1CCN(C2CCN(c3cccc4c3n(C)c(=O)n4C3CCC(=O)NC3=O)CC2)C(=O)C1. The van der Waals surface area contributed by atoms with Gasteiger partial charge >= 0.3 is 5.69 Å². The summed E-state index contributed by atoms with van der Waals surface area (Å²) < 4.78 is 18.3. The number of amides is 3. The Balaban J connectivity index is 0.901. The molecule has 61 heavy (non-hydrogen) atoms. The zero-order chi connectivity index (χ0) is 42.7. The van der Waals surface area contributed by atoms with Crippen molar-refractivity contribution in [1.29, 1.82) is 0 Å². The summed E-state index contributed by atoms with van der Waals surface area (Å²) in [6.07, 6.45) is 9.05. The van der Waals surface area contributed by atoms with Crippen LogP contribution in [0.4, 0.5) is 5.69 Å². The number of piperazine rings is 1.